The quantitative estimate of drug-likeness (QED) is 0.781. The van der Waals surface area contributed by atoms with Crippen molar-refractivity contribution < 1.29 is 0 Å². The lowest BCUT2D eigenvalue weighted by atomic mass is 10.2. The second kappa shape index (κ2) is 6.43. The van der Waals surface area contributed by atoms with Crippen LogP contribution in [0.4, 0.5) is 5.13 Å². The maximum atomic E-state index is 5.81. The van der Waals surface area contributed by atoms with Crippen molar-refractivity contribution in [3.8, 4) is 0 Å². The molecule has 3 heterocycles. The summed E-state index contributed by atoms with van der Waals surface area (Å²) in [5, 5.41) is 5.63. The van der Waals surface area contributed by atoms with Crippen molar-refractivity contribution in [2.45, 2.75) is 12.8 Å². The van der Waals surface area contributed by atoms with E-state index in [0.717, 1.165) is 32.5 Å². The molecule has 0 aliphatic carbocycles. The van der Waals surface area contributed by atoms with Gasteiger partial charge in [-0.3, -0.25) is 4.90 Å². The lowest BCUT2D eigenvalue weighted by molar-refractivity contribution is 0.318. The van der Waals surface area contributed by atoms with E-state index in [0.29, 0.717) is 5.13 Å². The van der Waals surface area contributed by atoms with Crippen molar-refractivity contribution in [3.05, 3.63) is 51.2 Å². The molecule has 0 amide bonds. The number of nitrogen functional groups attached to an aromatic ring is 1. The van der Waals surface area contributed by atoms with Crippen LogP contribution in [0.1, 0.15) is 15.4 Å². The van der Waals surface area contributed by atoms with Crippen LogP contribution in [0.3, 0.4) is 0 Å². The van der Waals surface area contributed by atoms with Gasteiger partial charge in [0.05, 0.1) is 5.69 Å². The Hall–Kier alpha value is -1.69. The molecule has 2 N–H and O–H groups in total. The molecule has 0 unspecified atom stereocenters. The molecule has 0 spiro atoms. The van der Waals surface area contributed by atoms with Gasteiger partial charge in [0.2, 0.25) is 0 Å². The van der Waals surface area contributed by atoms with Gasteiger partial charge in [-0.15, -0.1) is 22.7 Å². The van der Waals surface area contributed by atoms with Gasteiger partial charge in [0.25, 0.3) is 0 Å². The minimum atomic E-state index is 0.716. The Morgan fingerprint density at radius 3 is 3.04 bits per heavy atom. The lowest BCUT2D eigenvalue weighted by Gasteiger charge is -2.17. The Bertz CT molecular complexity index is 821. The zero-order chi connectivity index (χ0) is 15.6. The van der Waals surface area contributed by atoms with Crippen LogP contribution in [0, 0.1) is 0 Å². The maximum absolute atomic E-state index is 5.81. The molecule has 0 saturated heterocycles. The topological polar surface area (TPSA) is 42.1 Å². The number of thiophene rings is 1. The fraction of sp³-hybridized carbons (Fsp3) is 0.278. The second-order valence-electron chi connectivity index (χ2n) is 5.81. The highest BCUT2D eigenvalue weighted by Gasteiger charge is 2.16. The fourth-order valence-electron chi connectivity index (χ4n) is 3.06. The van der Waals surface area contributed by atoms with Gasteiger partial charge >= 0.3 is 0 Å². The summed E-state index contributed by atoms with van der Waals surface area (Å²) in [4.78, 5) is 9.68. The number of thiazole rings is 1. The molecule has 4 rings (SSSR count). The van der Waals surface area contributed by atoms with Gasteiger partial charge in [-0.2, -0.15) is 0 Å². The minimum Gasteiger partial charge on any atom is -0.375 e. The average molecular weight is 342 g/mol. The van der Waals surface area contributed by atoms with E-state index in [2.05, 4.69) is 51.7 Å². The number of benzene rings is 1. The van der Waals surface area contributed by atoms with E-state index in [4.69, 9.17) is 5.73 Å². The predicted molar refractivity (Wildman–Crippen MR) is 101 cm³/mol. The summed E-state index contributed by atoms with van der Waals surface area (Å²) >= 11 is 3.47. The van der Waals surface area contributed by atoms with E-state index in [1.54, 1.807) is 11.3 Å². The SMILES string of the molecule is Nc1nc2c(s1)CCN(C/C=C/c1scc3ccccc13)CC2. The number of anilines is 1. The zero-order valence-corrected chi connectivity index (χ0v) is 14.5. The van der Waals surface area contributed by atoms with Crippen LogP contribution in [0.5, 0.6) is 0 Å². The molecule has 3 nitrogen and oxygen atoms in total. The Balaban J connectivity index is 1.40. The molecule has 2 aromatic heterocycles. The number of rotatable bonds is 3. The number of hydrogen-bond donors (Lipinski definition) is 1. The van der Waals surface area contributed by atoms with Crippen molar-refractivity contribution in [2.24, 2.45) is 0 Å². The lowest BCUT2D eigenvalue weighted by Crippen LogP contribution is -2.26. The number of fused-ring (bicyclic) bond motifs is 2. The summed E-state index contributed by atoms with van der Waals surface area (Å²) < 4.78 is 0. The van der Waals surface area contributed by atoms with E-state index in [1.165, 1.54) is 26.2 Å². The van der Waals surface area contributed by atoms with E-state index in [-0.39, 0.29) is 0 Å². The van der Waals surface area contributed by atoms with Crippen molar-refractivity contribution >= 4 is 44.7 Å². The van der Waals surface area contributed by atoms with Gasteiger partial charge < -0.3 is 5.73 Å². The highest BCUT2D eigenvalue weighted by atomic mass is 32.1. The smallest absolute Gasteiger partial charge is 0.180 e. The third-order valence-electron chi connectivity index (χ3n) is 4.29. The number of nitrogens with zero attached hydrogens (tertiary/aromatic N) is 2. The Labute approximate surface area is 144 Å². The third kappa shape index (κ3) is 3.17. The molecule has 118 valence electrons. The maximum Gasteiger partial charge on any atom is 0.180 e. The molecule has 0 saturated carbocycles. The van der Waals surface area contributed by atoms with Crippen LogP contribution >= 0.6 is 22.7 Å². The highest BCUT2D eigenvalue weighted by molar-refractivity contribution is 7.15. The molecular weight excluding hydrogens is 322 g/mol. The number of hydrogen-bond acceptors (Lipinski definition) is 5. The number of aromatic nitrogens is 1. The summed E-state index contributed by atoms with van der Waals surface area (Å²) in [5.74, 6) is 0. The van der Waals surface area contributed by atoms with Gasteiger partial charge in [-0.05, 0) is 28.6 Å². The van der Waals surface area contributed by atoms with E-state index < -0.39 is 0 Å². The molecule has 3 aromatic rings. The van der Waals surface area contributed by atoms with E-state index in [1.807, 2.05) is 11.3 Å². The minimum absolute atomic E-state index is 0.716. The summed E-state index contributed by atoms with van der Waals surface area (Å²) in [7, 11) is 0. The Morgan fingerprint density at radius 1 is 1.22 bits per heavy atom. The Kier molecular flexibility index (Phi) is 4.16. The van der Waals surface area contributed by atoms with Crippen molar-refractivity contribution in [1.29, 1.82) is 0 Å². The molecule has 1 aliphatic rings. The Morgan fingerprint density at radius 2 is 2.09 bits per heavy atom. The standard InChI is InChI=1S/C18H19N3S2/c19-18-20-15-7-10-21(11-8-17(15)23-18)9-3-6-16-14-5-2-1-4-13(14)12-22-16/h1-6,12H,7-11H2,(H2,19,20)/b6-3+. The summed E-state index contributed by atoms with van der Waals surface area (Å²) in [6.07, 6.45) is 6.64. The van der Waals surface area contributed by atoms with Crippen LogP contribution in [0.2, 0.25) is 0 Å². The van der Waals surface area contributed by atoms with E-state index in [9.17, 15) is 0 Å². The van der Waals surface area contributed by atoms with Crippen LogP contribution in [-0.2, 0) is 12.8 Å². The first-order valence-corrected chi connectivity index (χ1v) is 9.58. The molecule has 23 heavy (non-hydrogen) atoms. The molecule has 5 heteroatoms. The first-order chi connectivity index (χ1) is 11.3. The second-order valence-corrected chi connectivity index (χ2v) is 7.84. The van der Waals surface area contributed by atoms with Gasteiger partial charge in [-0.25, -0.2) is 4.98 Å². The van der Waals surface area contributed by atoms with Crippen LogP contribution < -0.4 is 5.73 Å². The predicted octanol–water partition coefficient (Wildman–Crippen LogP) is 4.05. The van der Waals surface area contributed by atoms with Crippen molar-refractivity contribution in [1.82, 2.24) is 9.88 Å². The van der Waals surface area contributed by atoms with Gasteiger partial charge in [0, 0.05) is 35.8 Å². The number of nitrogens with two attached hydrogens (primary N) is 1. The largest absolute Gasteiger partial charge is 0.375 e. The molecule has 1 aromatic carbocycles. The fourth-order valence-corrected chi connectivity index (χ4v) is 4.88. The summed E-state index contributed by atoms with van der Waals surface area (Å²) in [6.45, 7) is 3.15. The third-order valence-corrected chi connectivity index (χ3v) is 6.25. The van der Waals surface area contributed by atoms with Crippen molar-refractivity contribution in [3.63, 3.8) is 0 Å². The molecule has 0 radical (unpaired) electrons. The summed E-state index contributed by atoms with van der Waals surface area (Å²) in [5.41, 5.74) is 7.02. The monoisotopic (exact) mass is 341 g/mol. The van der Waals surface area contributed by atoms with E-state index >= 15 is 0 Å². The highest BCUT2D eigenvalue weighted by Crippen LogP contribution is 2.27. The molecular formula is C18H19N3S2. The van der Waals surface area contributed by atoms with Crippen LogP contribution in [-0.4, -0.2) is 29.5 Å². The molecule has 0 atom stereocenters. The zero-order valence-electron chi connectivity index (χ0n) is 12.9. The normalized spacial score (nSPS) is 16.0. The van der Waals surface area contributed by atoms with Crippen LogP contribution in [0.25, 0.3) is 16.8 Å². The van der Waals surface area contributed by atoms with Gasteiger partial charge in [0.15, 0.2) is 5.13 Å². The van der Waals surface area contributed by atoms with Crippen LogP contribution in [0.15, 0.2) is 35.7 Å². The van der Waals surface area contributed by atoms with Crippen molar-refractivity contribution in [2.75, 3.05) is 25.4 Å². The first kappa shape index (κ1) is 14.9. The summed E-state index contributed by atoms with van der Waals surface area (Å²) in [6, 6.07) is 8.58. The molecule has 0 bridgehead atoms. The van der Waals surface area contributed by atoms with Gasteiger partial charge in [0.1, 0.15) is 0 Å². The molecule has 1 aliphatic heterocycles. The first-order valence-electron chi connectivity index (χ1n) is 7.89. The van der Waals surface area contributed by atoms with Gasteiger partial charge in [-0.1, -0.05) is 30.3 Å². The average Bonchev–Trinajstić information content (AvgIpc) is 3.08. The molecule has 0 fully saturated rings.